The molecule has 1 aliphatic carbocycles. The number of carbonyl (C=O) groups is 1. The fourth-order valence-corrected chi connectivity index (χ4v) is 3.79. The zero-order chi connectivity index (χ0) is 17.2. The summed E-state index contributed by atoms with van der Waals surface area (Å²) in [5, 5.41) is 0. The fraction of sp³-hybridized carbons (Fsp3) is 0.381. The third kappa shape index (κ3) is 3.34. The quantitative estimate of drug-likeness (QED) is 0.856. The number of ketones is 1. The number of carbonyl (C=O) groups excluding carboxylic acids is 1. The van der Waals surface area contributed by atoms with Crippen LogP contribution >= 0.6 is 0 Å². The lowest BCUT2D eigenvalue weighted by Gasteiger charge is -2.24. The number of anilines is 1. The van der Waals surface area contributed by atoms with Gasteiger partial charge in [-0.2, -0.15) is 0 Å². The Hall–Kier alpha value is -2.49. The molecule has 1 aromatic carbocycles. The molecule has 4 nitrogen and oxygen atoms in total. The van der Waals surface area contributed by atoms with E-state index in [2.05, 4.69) is 34.2 Å². The standard InChI is InChI=1S/C21H23N3O/c1-15-20-18(23-21(22-15)24-11-5-6-12-24)13-17(14-19(20)25)10-9-16-7-3-2-4-8-16/h2-4,7-10,17H,5-6,11-14H2,1H3. The van der Waals surface area contributed by atoms with E-state index < -0.39 is 0 Å². The van der Waals surface area contributed by atoms with Crippen molar-refractivity contribution in [3.63, 3.8) is 0 Å². The van der Waals surface area contributed by atoms with E-state index in [1.54, 1.807) is 0 Å². The molecule has 1 aliphatic heterocycles. The number of benzene rings is 1. The molecule has 0 bridgehead atoms. The topological polar surface area (TPSA) is 46.1 Å². The zero-order valence-corrected chi connectivity index (χ0v) is 14.6. The first-order valence-electron chi connectivity index (χ1n) is 9.09. The van der Waals surface area contributed by atoms with Crippen molar-refractivity contribution in [2.75, 3.05) is 18.0 Å². The predicted molar refractivity (Wildman–Crippen MR) is 99.8 cm³/mol. The van der Waals surface area contributed by atoms with E-state index in [-0.39, 0.29) is 11.7 Å². The summed E-state index contributed by atoms with van der Waals surface area (Å²) >= 11 is 0. The van der Waals surface area contributed by atoms with Gasteiger partial charge >= 0.3 is 0 Å². The Kier molecular flexibility index (Phi) is 4.35. The summed E-state index contributed by atoms with van der Waals surface area (Å²) in [5.41, 5.74) is 3.68. The Balaban J connectivity index is 1.60. The highest BCUT2D eigenvalue weighted by Crippen LogP contribution is 2.29. The van der Waals surface area contributed by atoms with Gasteiger partial charge in [0.05, 0.1) is 17.0 Å². The van der Waals surface area contributed by atoms with Crippen molar-refractivity contribution in [2.45, 2.75) is 32.6 Å². The first-order chi connectivity index (χ1) is 12.2. The number of fused-ring (bicyclic) bond motifs is 1. The van der Waals surface area contributed by atoms with Crippen LogP contribution in [0.15, 0.2) is 36.4 Å². The van der Waals surface area contributed by atoms with E-state index in [1.165, 1.54) is 12.8 Å². The van der Waals surface area contributed by atoms with Crippen molar-refractivity contribution in [2.24, 2.45) is 5.92 Å². The Morgan fingerprint density at radius 3 is 2.60 bits per heavy atom. The van der Waals surface area contributed by atoms with Crippen molar-refractivity contribution in [3.05, 3.63) is 58.9 Å². The first kappa shape index (κ1) is 16.0. The predicted octanol–water partition coefficient (Wildman–Crippen LogP) is 3.84. The molecule has 1 fully saturated rings. The van der Waals surface area contributed by atoms with Gasteiger partial charge in [-0.05, 0) is 37.7 Å². The maximum absolute atomic E-state index is 12.6. The van der Waals surface area contributed by atoms with Crippen LogP contribution in [0.2, 0.25) is 0 Å². The summed E-state index contributed by atoms with van der Waals surface area (Å²) in [6, 6.07) is 10.2. The van der Waals surface area contributed by atoms with Crippen LogP contribution in [0.5, 0.6) is 0 Å². The number of hydrogen-bond donors (Lipinski definition) is 0. The molecule has 1 saturated heterocycles. The number of aromatic nitrogens is 2. The SMILES string of the molecule is Cc1nc(N2CCCC2)nc2c1C(=O)CC(C=Cc1ccccc1)C2. The number of allylic oxidation sites excluding steroid dienone is 1. The van der Waals surface area contributed by atoms with Gasteiger partial charge in [-0.15, -0.1) is 0 Å². The average Bonchev–Trinajstić information content (AvgIpc) is 3.15. The monoisotopic (exact) mass is 333 g/mol. The van der Waals surface area contributed by atoms with E-state index >= 15 is 0 Å². The number of aryl methyl sites for hydroxylation is 1. The molecule has 2 aliphatic rings. The molecule has 25 heavy (non-hydrogen) atoms. The molecule has 1 atom stereocenters. The molecule has 0 amide bonds. The normalized spacial score (nSPS) is 20.3. The van der Waals surface area contributed by atoms with Gasteiger partial charge in [-0.3, -0.25) is 4.79 Å². The minimum atomic E-state index is 0.175. The van der Waals surface area contributed by atoms with Crippen LogP contribution in [0, 0.1) is 12.8 Å². The van der Waals surface area contributed by atoms with Gasteiger partial charge in [0.15, 0.2) is 5.78 Å². The lowest BCUT2D eigenvalue weighted by atomic mass is 9.85. The summed E-state index contributed by atoms with van der Waals surface area (Å²) < 4.78 is 0. The zero-order valence-electron chi connectivity index (χ0n) is 14.6. The van der Waals surface area contributed by atoms with E-state index in [4.69, 9.17) is 4.98 Å². The third-order valence-electron chi connectivity index (χ3n) is 5.08. The molecule has 0 spiro atoms. The molecule has 4 heteroatoms. The van der Waals surface area contributed by atoms with Crippen LogP contribution in [0.3, 0.4) is 0 Å². The molecule has 1 unspecified atom stereocenters. The van der Waals surface area contributed by atoms with Crippen LogP contribution in [-0.2, 0) is 6.42 Å². The molecule has 2 heterocycles. The first-order valence-corrected chi connectivity index (χ1v) is 9.09. The summed E-state index contributed by atoms with van der Waals surface area (Å²) in [4.78, 5) is 24.3. The summed E-state index contributed by atoms with van der Waals surface area (Å²) in [5.74, 6) is 1.18. The molecule has 128 valence electrons. The van der Waals surface area contributed by atoms with Crippen LogP contribution in [-0.4, -0.2) is 28.8 Å². The highest BCUT2D eigenvalue weighted by molar-refractivity contribution is 5.99. The molecule has 0 N–H and O–H groups in total. The summed E-state index contributed by atoms with van der Waals surface area (Å²) in [6.45, 7) is 3.98. The van der Waals surface area contributed by atoms with Crippen molar-refractivity contribution >= 4 is 17.8 Å². The largest absolute Gasteiger partial charge is 0.341 e. The number of nitrogens with zero attached hydrogens (tertiary/aromatic N) is 3. The second-order valence-corrected chi connectivity index (χ2v) is 6.99. The number of Topliss-reactive ketones (excluding diaryl/α,β-unsaturated/α-hetero) is 1. The fourth-order valence-electron chi connectivity index (χ4n) is 3.79. The van der Waals surface area contributed by atoms with Crippen molar-refractivity contribution in [3.8, 4) is 0 Å². The minimum absolute atomic E-state index is 0.175. The van der Waals surface area contributed by atoms with Gasteiger partial charge in [-0.25, -0.2) is 9.97 Å². The van der Waals surface area contributed by atoms with Gasteiger partial charge in [0.2, 0.25) is 5.95 Å². The van der Waals surface area contributed by atoms with Gasteiger partial charge in [-0.1, -0.05) is 42.5 Å². The van der Waals surface area contributed by atoms with Crippen LogP contribution < -0.4 is 4.90 Å². The van der Waals surface area contributed by atoms with Crippen molar-refractivity contribution in [1.29, 1.82) is 0 Å². The Labute approximate surface area is 148 Å². The molecule has 0 saturated carbocycles. The third-order valence-corrected chi connectivity index (χ3v) is 5.08. The minimum Gasteiger partial charge on any atom is -0.341 e. The van der Waals surface area contributed by atoms with Gasteiger partial charge in [0.25, 0.3) is 0 Å². The molecule has 2 aromatic rings. The van der Waals surface area contributed by atoms with Crippen LogP contribution in [0.25, 0.3) is 6.08 Å². The van der Waals surface area contributed by atoms with E-state index in [1.807, 2.05) is 25.1 Å². The second-order valence-electron chi connectivity index (χ2n) is 6.99. The molecule has 1 aromatic heterocycles. The molecular formula is C21H23N3O. The van der Waals surface area contributed by atoms with Crippen LogP contribution in [0.4, 0.5) is 5.95 Å². The smallest absolute Gasteiger partial charge is 0.225 e. The lowest BCUT2D eigenvalue weighted by molar-refractivity contribution is 0.0956. The van der Waals surface area contributed by atoms with Gasteiger partial charge < -0.3 is 4.90 Å². The van der Waals surface area contributed by atoms with Crippen molar-refractivity contribution in [1.82, 2.24) is 9.97 Å². The highest BCUT2D eigenvalue weighted by atomic mass is 16.1. The average molecular weight is 333 g/mol. The molecule has 0 radical (unpaired) electrons. The van der Waals surface area contributed by atoms with Crippen LogP contribution in [0.1, 0.15) is 46.6 Å². The Morgan fingerprint density at radius 1 is 1.08 bits per heavy atom. The highest BCUT2D eigenvalue weighted by Gasteiger charge is 2.29. The van der Waals surface area contributed by atoms with Gasteiger partial charge in [0.1, 0.15) is 0 Å². The lowest BCUT2D eigenvalue weighted by Crippen LogP contribution is -2.26. The number of hydrogen-bond acceptors (Lipinski definition) is 4. The maximum Gasteiger partial charge on any atom is 0.225 e. The molecule has 4 rings (SSSR count). The van der Waals surface area contributed by atoms with E-state index in [0.29, 0.717) is 6.42 Å². The Bertz CT molecular complexity index is 807. The van der Waals surface area contributed by atoms with E-state index in [0.717, 1.165) is 48.0 Å². The summed E-state index contributed by atoms with van der Waals surface area (Å²) in [7, 11) is 0. The second kappa shape index (κ2) is 6.79. The van der Waals surface area contributed by atoms with Crippen molar-refractivity contribution < 1.29 is 4.79 Å². The number of rotatable bonds is 3. The maximum atomic E-state index is 12.6. The van der Waals surface area contributed by atoms with E-state index in [9.17, 15) is 4.79 Å². The molecular weight excluding hydrogens is 310 g/mol. The Morgan fingerprint density at radius 2 is 1.84 bits per heavy atom. The summed E-state index contributed by atoms with van der Waals surface area (Å²) in [6.07, 6.45) is 8.02. The van der Waals surface area contributed by atoms with Gasteiger partial charge in [0, 0.05) is 19.5 Å².